The fourth-order valence-corrected chi connectivity index (χ4v) is 1.99. The Morgan fingerprint density at radius 1 is 0.960 bits per heavy atom. The number of hydrogen-bond acceptors (Lipinski definition) is 4. The van der Waals surface area contributed by atoms with Crippen LogP contribution in [0.25, 0.3) is 0 Å². The third-order valence-corrected chi connectivity index (χ3v) is 3.16. The van der Waals surface area contributed by atoms with E-state index in [0.717, 1.165) is 0 Å². The van der Waals surface area contributed by atoms with Gasteiger partial charge in [-0.1, -0.05) is 0 Å². The first-order chi connectivity index (χ1) is 11.7. The van der Waals surface area contributed by atoms with Crippen molar-refractivity contribution in [2.75, 3.05) is 25.1 Å². The molecule has 0 spiro atoms. The summed E-state index contributed by atoms with van der Waals surface area (Å²) in [5, 5.41) is 2.81. The molecule has 0 aliphatic heterocycles. The number of rotatable bonds is 9. The topological polar surface area (TPSA) is 73.6 Å². The average Bonchev–Trinajstić information content (AvgIpc) is 2.60. The van der Waals surface area contributed by atoms with E-state index in [4.69, 9.17) is 15.2 Å². The van der Waals surface area contributed by atoms with Crippen molar-refractivity contribution < 1.29 is 18.7 Å². The van der Waals surface area contributed by atoms with E-state index in [9.17, 15) is 9.18 Å². The number of amides is 1. The number of benzene rings is 2. The lowest BCUT2D eigenvalue weighted by molar-refractivity contribution is -0.116. The molecule has 25 heavy (non-hydrogen) atoms. The standard InChI is InChI=1S/C18H21FN2O3.ClH/c19-14-3-7-16(8-4-14)23-12-1-2-18(22)21-15-5-9-17(10-6-15)24-13-11-20;/h3-10H,1-2,11-13,20H2,(H,21,22);1H. The molecule has 0 heterocycles. The molecule has 0 unspecified atom stereocenters. The van der Waals surface area contributed by atoms with Crippen LogP contribution in [0.4, 0.5) is 10.1 Å². The number of anilines is 1. The molecule has 0 fully saturated rings. The molecule has 1 amide bonds. The van der Waals surface area contributed by atoms with Gasteiger partial charge in [0.25, 0.3) is 0 Å². The number of nitrogens with two attached hydrogens (primary N) is 1. The molecule has 0 saturated heterocycles. The monoisotopic (exact) mass is 368 g/mol. The summed E-state index contributed by atoms with van der Waals surface area (Å²) in [4.78, 5) is 11.9. The normalized spacial score (nSPS) is 9.84. The second kappa shape index (κ2) is 11.3. The Morgan fingerprint density at radius 3 is 2.12 bits per heavy atom. The highest BCUT2D eigenvalue weighted by Crippen LogP contribution is 2.16. The minimum absolute atomic E-state index is 0. The lowest BCUT2D eigenvalue weighted by Gasteiger charge is -2.08. The summed E-state index contributed by atoms with van der Waals surface area (Å²) in [6.45, 7) is 1.31. The molecule has 0 aliphatic carbocycles. The van der Waals surface area contributed by atoms with Gasteiger partial charge in [-0.25, -0.2) is 4.39 Å². The van der Waals surface area contributed by atoms with E-state index in [1.165, 1.54) is 12.1 Å². The SMILES string of the molecule is Cl.NCCOc1ccc(NC(=O)CCCOc2ccc(F)cc2)cc1. The average molecular weight is 369 g/mol. The van der Waals surface area contributed by atoms with Crippen LogP contribution in [-0.2, 0) is 4.79 Å². The van der Waals surface area contributed by atoms with Crippen molar-refractivity contribution in [1.29, 1.82) is 0 Å². The van der Waals surface area contributed by atoms with Crippen LogP contribution in [0.1, 0.15) is 12.8 Å². The Labute approximate surface area is 152 Å². The van der Waals surface area contributed by atoms with Crippen LogP contribution in [-0.4, -0.2) is 25.7 Å². The molecule has 0 radical (unpaired) electrons. The minimum Gasteiger partial charge on any atom is -0.494 e. The molecule has 3 N–H and O–H groups in total. The van der Waals surface area contributed by atoms with Gasteiger partial charge in [-0.3, -0.25) is 4.79 Å². The highest BCUT2D eigenvalue weighted by Gasteiger charge is 2.03. The van der Waals surface area contributed by atoms with Crippen molar-refractivity contribution in [1.82, 2.24) is 0 Å². The zero-order chi connectivity index (χ0) is 17.2. The summed E-state index contributed by atoms with van der Waals surface area (Å²) in [5.74, 6) is 0.908. The summed E-state index contributed by atoms with van der Waals surface area (Å²) in [5.41, 5.74) is 6.07. The molecule has 0 aromatic heterocycles. The molecular weight excluding hydrogens is 347 g/mol. The third-order valence-electron chi connectivity index (χ3n) is 3.16. The zero-order valence-corrected chi connectivity index (χ0v) is 14.6. The van der Waals surface area contributed by atoms with Gasteiger partial charge in [0.15, 0.2) is 0 Å². The van der Waals surface area contributed by atoms with Gasteiger partial charge in [0, 0.05) is 18.7 Å². The van der Waals surface area contributed by atoms with E-state index in [-0.39, 0.29) is 24.1 Å². The Bertz CT molecular complexity index is 636. The van der Waals surface area contributed by atoms with E-state index >= 15 is 0 Å². The van der Waals surface area contributed by atoms with Gasteiger partial charge < -0.3 is 20.5 Å². The van der Waals surface area contributed by atoms with E-state index in [1.807, 2.05) is 0 Å². The molecule has 2 rings (SSSR count). The van der Waals surface area contributed by atoms with Crippen molar-refractivity contribution in [2.45, 2.75) is 12.8 Å². The van der Waals surface area contributed by atoms with Gasteiger partial charge >= 0.3 is 0 Å². The van der Waals surface area contributed by atoms with Gasteiger partial charge in [0.1, 0.15) is 23.9 Å². The number of hydrogen-bond donors (Lipinski definition) is 2. The van der Waals surface area contributed by atoms with Crippen LogP contribution in [0.2, 0.25) is 0 Å². The van der Waals surface area contributed by atoms with E-state index in [0.29, 0.717) is 49.8 Å². The number of nitrogens with one attached hydrogen (secondary N) is 1. The van der Waals surface area contributed by atoms with Gasteiger partial charge in [-0.05, 0) is 55.0 Å². The number of carbonyl (C=O) groups excluding carboxylic acids is 1. The molecule has 0 atom stereocenters. The second-order valence-corrected chi connectivity index (χ2v) is 5.12. The first-order valence-corrected chi connectivity index (χ1v) is 7.78. The van der Waals surface area contributed by atoms with Crippen LogP contribution in [0.15, 0.2) is 48.5 Å². The van der Waals surface area contributed by atoms with Crippen LogP contribution < -0.4 is 20.5 Å². The molecule has 7 heteroatoms. The molecule has 136 valence electrons. The van der Waals surface area contributed by atoms with Crippen molar-refractivity contribution in [2.24, 2.45) is 5.73 Å². The summed E-state index contributed by atoms with van der Waals surface area (Å²) in [7, 11) is 0. The minimum atomic E-state index is -0.304. The number of carbonyl (C=O) groups is 1. The molecule has 2 aromatic carbocycles. The predicted octanol–water partition coefficient (Wildman–Crippen LogP) is 3.38. The summed E-state index contributed by atoms with van der Waals surface area (Å²) < 4.78 is 23.6. The maximum Gasteiger partial charge on any atom is 0.224 e. The Morgan fingerprint density at radius 2 is 1.52 bits per heavy atom. The van der Waals surface area contributed by atoms with Crippen LogP contribution >= 0.6 is 12.4 Å². The molecule has 2 aromatic rings. The molecule has 0 aliphatic rings. The summed E-state index contributed by atoms with van der Waals surface area (Å²) in [6.07, 6.45) is 0.910. The van der Waals surface area contributed by atoms with E-state index in [1.54, 1.807) is 36.4 Å². The van der Waals surface area contributed by atoms with Crippen LogP contribution in [0.3, 0.4) is 0 Å². The van der Waals surface area contributed by atoms with E-state index in [2.05, 4.69) is 5.32 Å². The lowest BCUT2D eigenvalue weighted by Crippen LogP contribution is -2.13. The third kappa shape index (κ3) is 7.87. The molecule has 0 bridgehead atoms. The molecule has 5 nitrogen and oxygen atoms in total. The van der Waals surface area contributed by atoms with Gasteiger partial charge in [-0.2, -0.15) is 0 Å². The first kappa shape index (κ1) is 20.7. The smallest absolute Gasteiger partial charge is 0.224 e. The largest absolute Gasteiger partial charge is 0.494 e. The summed E-state index contributed by atoms with van der Waals surface area (Å²) in [6, 6.07) is 12.9. The molecule has 0 saturated carbocycles. The Balaban J connectivity index is 0.00000312. The van der Waals surface area contributed by atoms with Gasteiger partial charge in [0.2, 0.25) is 5.91 Å². The maximum atomic E-state index is 12.8. The fourth-order valence-electron chi connectivity index (χ4n) is 1.99. The Hall–Kier alpha value is -2.31. The second-order valence-electron chi connectivity index (χ2n) is 5.12. The van der Waals surface area contributed by atoms with E-state index < -0.39 is 0 Å². The number of halogens is 2. The zero-order valence-electron chi connectivity index (χ0n) is 13.7. The Kier molecular flexibility index (Phi) is 9.36. The van der Waals surface area contributed by atoms with Gasteiger partial charge in [-0.15, -0.1) is 12.4 Å². The lowest BCUT2D eigenvalue weighted by atomic mass is 10.2. The number of ether oxygens (including phenoxy) is 2. The van der Waals surface area contributed by atoms with Crippen molar-refractivity contribution >= 4 is 24.0 Å². The van der Waals surface area contributed by atoms with Gasteiger partial charge in [0.05, 0.1) is 6.61 Å². The highest BCUT2D eigenvalue weighted by atomic mass is 35.5. The van der Waals surface area contributed by atoms with Crippen LogP contribution in [0.5, 0.6) is 11.5 Å². The summed E-state index contributed by atoms with van der Waals surface area (Å²) >= 11 is 0. The fraction of sp³-hybridized carbons (Fsp3) is 0.278. The molecular formula is C18H22ClFN2O3. The van der Waals surface area contributed by atoms with Crippen molar-refractivity contribution in [3.63, 3.8) is 0 Å². The quantitative estimate of drug-likeness (QED) is 0.665. The van der Waals surface area contributed by atoms with Crippen molar-refractivity contribution in [3.05, 3.63) is 54.3 Å². The first-order valence-electron chi connectivity index (χ1n) is 7.78. The predicted molar refractivity (Wildman–Crippen MR) is 98.0 cm³/mol. The van der Waals surface area contributed by atoms with Crippen molar-refractivity contribution in [3.8, 4) is 11.5 Å². The highest BCUT2D eigenvalue weighted by molar-refractivity contribution is 5.90. The maximum absolute atomic E-state index is 12.8. The van der Waals surface area contributed by atoms with Crippen LogP contribution in [0, 0.1) is 5.82 Å².